The molecule has 2 heteroatoms. The highest BCUT2D eigenvalue weighted by Crippen LogP contribution is 2.03. The molecule has 1 aromatic carbocycles. The van der Waals surface area contributed by atoms with Crippen LogP contribution in [0.4, 0.5) is 4.39 Å². The van der Waals surface area contributed by atoms with Crippen LogP contribution < -0.4 is 0 Å². The molecule has 0 amide bonds. The molecule has 0 fully saturated rings. The van der Waals surface area contributed by atoms with Crippen LogP contribution in [-0.2, 0) is 11.2 Å². The van der Waals surface area contributed by atoms with Crippen molar-refractivity contribution in [3.05, 3.63) is 35.6 Å². The average molecular weight is 182 g/mol. The first-order chi connectivity index (χ1) is 6.18. The van der Waals surface area contributed by atoms with Crippen molar-refractivity contribution in [1.29, 1.82) is 0 Å². The van der Waals surface area contributed by atoms with Gasteiger partial charge in [0.1, 0.15) is 11.6 Å². The quantitative estimate of drug-likeness (QED) is 0.687. The summed E-state index contributed by atoms with van der Waals surface area (Å²) in [4.78, 5) is 10.6. The fraction of sp³-hybridized carbons (Fsp3) is 0.364. The fourth-order valence-electron chi connectivity index (χ4n) is 0.934. The molecular formula is C11H15FO. The highest BCUT2D eigenvalue weighted by molar-refractivity contribution is 5.78. The van der Waals surface area contributed by atoms with Crippen LogP contribution in [0.3, 0.4) is 0 Å². The van der Waals surface area contributed by atoms with E-state index < -0.39 is 0 Å². The van der Waals surface area contributed by atoms with E-state index in [2.05, 4.69) is 0 Å². The van der Waals surface area contributed by atoms with Crippen LogP contribution in [0.5, 0.6) is 0 Å². The average Bonchev–Trinajstić information content (AvgIpc) is 2.06. The lowest BCUT2D eigenvalue weighted by Crippen LogP contribution is -1.95. The summed E-state index contributed by atoms with van der Waals surface area (Å²) >= 11 is 0. The SMILES string of the molecule is CC.CC(=O)Cc1cccc(F)c1. The van der Waals surface area contributed by atoms with E-state index in [-0.39, 0.29) is 11.6 Å². The number of carbonyl (C=O) groups excluding carboxylic acids is 1. The Labute approximate surface area is 78.6 Å². The van der Waals surface area contributed by atoms with Crippen molar-refractivity contribution in [3.8, 4) is 0 Å². The Morgan fingerprint density at radius 2 is 2.00 bits per heavy atom. The number of benzene rings is 1. The Bertz CT molecular complexity index is 269. The first-order valence-electron chi connectivity index (χ1n) is 4.42. The van der Waals surface area contributed by atoms with Gasteiger partial charge in [-0.25, -0.2) is 4.39 Å². The van der Waals surface area contributed by atoms with Crippen LogP contribution in [0.2, 0.25) is 0 Å². The van der Waals surface area contributed by atoms with Crippen LogP contribution in [0, 0.1) is 5.82 Å². The maximum absolute atomic E-state index is 12.5. The molecule has 1 aromatic rings. The number of Topliss-reactive ketones (excluding diaryl/α,β-unsaturated/α-hetero) is 1. The van der Waals surface area contributed by atoms with Crippen LogP contribution in [0.15, 0.2) is 24.3 Å². The van der Waals surface area contributed by atoms with Crippen molar-refractivity contribution in [3.63, 3.8) is 0 Å². The fourth-order valence-corrected chi connectivity index (χ4v) is 0.934. The molecule has 1 nitrogen and oxygen atoms in total. The number of hydrogen-bond donors (Lipinski definition) is 0. The molecule has 0 aromatic heterocycles. The summed E-state index contributed by atoms with van der Waals surface area (Å²) in [7, 11) is 0. The molecule has 0 heterocycles. The second-order valence-electron chi connectivity index (χ2n) is 2.51. The van der Waals surface area contributed by atoms with Crippen LogP contribution in [0.1, 0.15) is 26.3 Å². The molecule has 0 aliphatic heterocycles. The Morgan fingerprint density at radius 3 is 2.46 bits per heavy atom. The van der Waals surface area contributed by atoms with E-state index in [1.165, 1.54) is 19.1 Å². The molecule has 0 unspecified atom stereocenters. The van der Waals surface area contributed by atoms with E-state index >= 15 is 0 Å². The Hall–Kier alpha value is -1.18. The van der Waals surface area contributed by atoms with Gasteiger partial charge in [0, 0.05) is 6.42 Å². The highest BCUT2D eigenvalue weighted by atomic mass is 19.1. The summed E-state index contributed by atoms with van der Waals surface area (Å²) in [5.74, 6) is -0.237. The predicted octanol–water partition coefficient (Wildman–Crippen LogP) is 2.98. The summed E-state index contributed by atoms with van der Waals surface area (Å²) in [6.07, 6.45) is 0.317. The zero-order valence-corrected chi connectivity index (χ0v) is 8.30. The smallest absolute Gasteiger partial charge is 0.134 e. The lowest BCUT2D eigenvalue weighted by atomic mass is 10.1. The summed E-state index contributed by atoms with van der Waals surface area (Å²) in [5, 5.41) is 0. The van der Waals surface area contributed by atoms with Gasteiger partial charge < -0.3 is 0 Å². The maximum Gasteiger partial charge on any atom is 0.134 e. The van der Waals surface area contributed by atoms with Crippen molar-refractivity contribution in [1.82, 2.24) is 0 Å². The molecule has 0 radical (unpaired) electrons. The summed E-state index contributed by atoms with van der Waals surface area (Å²) < 4.78 is 12.5. The standard InChI is InChI=1S/C9H9FO.C2H6/c1-7(11)5-8-3-2-4-9(10)6-8;1-2/h2-4,6H,5H2,1H3;1-2H3. The van der Waals surface area contributed by atoms with Gasteiger partial charge in [0.25, 0.3) is 0 Å². The topological polar surface area (TPSA) is 17.1 Å². The number of hydrogen-bond acceptors (Lipinski definition) is 1. The molecule has 0 aliphatic rings. The van der Waals surface area contributed by atoms with Crippen molar-refractivity contribution < 1.29 is 9.18 Å². The third-order valence-corrected chi connectivity index (χ3v) is 1.34. The van der Waals surface area contributed by atoms with Crippen molar-refractivity contribution in [2.75, 3.05) is 0 Å². The molecule has 0 saturated carbocycles. The van der Waals surface area contributed by atoms with Gasteiger partial charge >= 0.3 is 0 Å². The molecule has 72 valence electrons. The van der Waals surface area contributed by atoms with E-state index in [0.717, 1.165) is 5.56 Å². The first-order valence-corrected chi connectivity index (χ1v) is 4.42. The molecule has 13 heavy (non-hydrogen) atoms. The Kier molecular flexibility index (Phi) is 5.77. The minimum Gasteiger partial charge on any atom is -0.300 e. The molecule has 0 saturated heterocycles. The van der Waals surface area contributed by atoms with Gasteiger partial charge in [-0.1, -0.05) is 26.0 Å². The Balaban J connectivity index is 0.000000671. The first kappa shape index (κ1) is 11.8. The number of carbonyl (C=O) groups is 1. The summed E-state index contributed by atoms with van der Waals surface area (Å²) in [5.41, 5.74) is 0.734. The third kappa shape index (κ3) is 5.12. The lowest BCUT2D eigenvalue weighted by molar-refractivity contribution is -0.116. The largest absolute Gasteiger partial charge is 0.300 e. The van der Waals surface area contributed by atoms with E-state index in [1.54, 1.807) is 12.1 Å². The summed E-state index contributed by atoms with van der Waals surface area (Å²) in [6, 6.07) is 6.09. The van der Waals surface area contributed by atoms with Gasteiger partial charge in [-0.3, -0.25) is 4.79 Å². The van der Waals surface area contributed by atoms with Gasteiger partial charge in [0.05, 0.1) is 0 Å². The molecule has 1 rings (SSSR count). The van der Waals surface area contributed by atoms with E-state index in [9.17, 15) is 9.18 Å². The van der Waals surface area contributed by atoms with Gasteiger partial charge in [-0.15, -0.1) is 0 Å². The van der Waals surface area contributed by atoms with Crippen molar-refractivity contribution >= 4 is 5.78 Å². The van der Waals surface area contributed by atoms with Gasteiger partial charge in [0.15, 0.2) is 0 Å². The van der Waals surface area contributed by atoms with Crippen molar-refractivity contribution in [2.24, 2.45) is 0 Å². The molecule has 0 aliphatic carbocycles. The number of ketones is 1. The third-order valence-electron chi connectivity index (χ3n) is 1.34. The van der Waals surface area contributed by atoms with Crippen molar-refractivity contribution in [2.45, 2.75) is 27.2 Å². The van der Waals surface area contributed by atoms with Gasteiger partial charge in [-0.05, 0) is 24.6 Å². The van der Waals surface area contributed by atoms with Gasteiger partial charge in [-0.2, -0.15) is 0 Å². The zero-order valence-electron chi connectivity index (χ0n) is 8.30. The monoisotopic (exact) mass is 182 g/mol. The molecular weight excluding hydrogens is 167 g/mol. The molecule has 0 atom stereocenters. The number of halogens is 1. The minimum absolute atomic E-state index is 0.0515. The second-order valence-corrected chi connectivity index (χ2v) is 2.51. The van der Waals surface area contributed by atoms with Crippen LogP contribution >= 0.6 is 0 Å². The normalized spacial score (nSPS) is 8.62. The second kappa shape index (κ2) is 6.35. The molecule has 0 spiro atoms. The van der Waals surface area contributed by atoms with E-state index in [1.807, 2.05) is 13.8 Å². The highest BCUT2D eigenvalue weighted by Gasteiger charge is 1.97. The zero-order chi connectivity index (χ0) is 10.3. The minimum atomic E-state index is -0.288. The van der Waals surface area contributed by atoms with E-state index in [4.69, 9.17) is 0 Å². The van der Waals surface area contributed by atoms with Crippen LogP contribution in [0.25, 0.3) is 0 Å². The van der Waals surface area contributed by atoms with Gasteiger partial charge in [0.2, 0.25) is 0 Å². The maximum atomic E-state index is 12.5. The van der Waals surface area contributed by atoms with E-state index in [0.29, 0.717) is 6.42 Å². The van der Waals surface area contributed by atoms with Crippen LogP contribution in [-0.4, -0.2) is 5.78 Å². The molecule has 0 N–H and O–H groups in total. The molecule has 0 bridgehead atoms. The number of rotatable bonds is 2. The lowest BCUT2D eigenvalue weighted by Gasteiger charge is -1.95. The Morgan fingerprint density at radius 1 is 1.38 bits per heavy atom. The summed E-state index contributed by atoms with van der Waals surface area (Å²) in [6.45, 7) is 5.49. The predicted molar refractivity (Wildman–Crippen MR) is 52.1 cm³/mol.